The number of β-amino-alcohol motifs (C(OH)–C–C–N with tert-alkyl or cyclic N) is 1. The first-order valence-electron chi connectivity index (χ1n) is 7.05. The van der Waals surface area contributed by atoms with E-state index in [1.165, 1.54) is 0 Å². The number of rotatable bonds is 4. The number of hydrogen-bond donors (Lipinski definition) is 2. The highest BCUT2D eigenvalue weighted by molar-refractivity contribution is 5.86. The van der Waals surface area contributed by atoms with E-state index in [-0.39, 0.29) is 11.8 Å². The van der Waals surface area contributed by atoms with Crippen LogP contribution in [0.4, 0.5) is 4.79 Å². The molecule has 0 aromatic rings. The summed E-state index contributed by atoms with van der Waals surface area (Å²) in [5.74, 6) is 0.111. The highest BCUT2D eigenvalue weighted by atomic mass is 16.6. The van der Waals surface area contributed by atoms with Gasteiger partial charge >= 0.3 is 6.09 Å². The molecule has 0 spiro atoms. The number of carbonyl (C=O) groups excluding carboxylic acids is 2. The summed E-state index contributed by atoms with van der Waals surface area (Å²) in [5, 5.41) is 11.9. The van der Waals surface area contributed by atoms with Crippen molar-refractivity contribution in [1.82, 2.24) is 10.2 Å². The molecule has 2 N–H and O–H groups in total. The Hall–Kier alpha value is -1.30. The van der Waals surface area contributed by atoms with Crippen molar-refractivity contribution in [2.45, 2.75) is 58.8 Å². The highest BCUT2D eigenvalue weighted by Gasteiger charge is 2.35. The summed E-state index contributed by atoms with van der Waals surface area (Å²) < 4.78 is 5.18. The van der Waals surface area contributed by atoms with Gasteiger partial charge in [-0.2, -0.15) is 0 Å². The van der Waals surface area contributed by atoms with Crippen molar-refractivity contribution in [1.29, 1.82) is 0 Å². The molecule has 6 nitrogen and oxygen atoms in total. The van der Waals surface area contributed by atoms with Gasteiger partial charge in [0.05, 0.1) is 6.10 Å². The van der Waals surface area contributed by atoms with Gasteiger partial charge in [0.2, 0.25) is 5.91 Å². The van der Waals surface area contributed by atoms with Crippen LogP contribution in [0.2, 0.25) is 0 Å². The van der Waals surface area contributed by atoms with Gasteiger partial charge in [0.25, 0.3) is 0 Å². The molecule has 0 saturated carbocycles. The van der Waals surface area contributed by atoms with E-state index in [1.54, 1.807) is 25.7 Å². The number of aliphatic hydroxyl groups excluding tert-OH is 1. The van der Waals surface area contributed by atoms with E-state index in [9.17, 15) is 14.7 Å². The lowest BCUT2D eigenvalue weighted by atomic mass is 10.0. The van der Waals surface area contributed by atoms with Gasteiger partial charge in [-0.1, -0.05) is 13.8 Å². The predicted molar refractivity (Wildman–Crippen MR) is 75.2 cm³/mol. The van der Waals surface area contributed by atoms with E-state index in [0.29, 0.717) is 19.5 Å². The smallest absolute Gasteiger partial charge is 0.408 e. The van der Waals surface area contributed by atoms with Crippen LogP contribution in [0.1, 0.15) is 41.0 Å². The number of likely N-dealkylation sites (tertiary alicyclic amines) is 1. The van der Waals surface area contributed by atoms with Gasteiger partial charge in [-0.3, -0.25) is 4.79 Å². The van der Waals surface area contributed by atoms with Crippen LogP contribution in [0.5, 0.6) is 0 Å². The number of ether oxygens (including phenoxy) is 1. The van der Waals surface area contributed by atoms with Crippen molar-refractivity contribution in [2.24, 2.45) is 5.92 Å². The van der Waals surface area contributed by atoms with Gasteiger partial charge in [0, 0.05) is 13.1 Å². The molecule has 1 aliphatic heterocycles. The molecule has 20 heavy (non-hydrogen) atoms. The first-order chi connectivity index (χ1) is 9.08. The molecule has 0 aliphatic carbocycles. The predicted octanol–water partition coefficient (Wildman–Crippen LogP) is 1.13. The Morgan fingerprint density at radius 1 is 1.35 bits per heavy atom. The van der Waals surface area contributed by atoms with Crippen molar-refractivity contribution < 1.29 is 19.4 Å². The molecule has 2 amide bonds. The largest absolute Gasteiger partial charge is 0.444 e. The normalized spacial score (nSPS) is 17.6. The summed E-state index contributed by atoms with van der Waals surface area (Å²) in [6, 6.07) is -0.600. The summed E-state index contributed by atoms with van der Waals surface area (Å²) in [7, 11) is 0. The first-order valence-corrected chi connectivity index (χ1v) is 7.05. The lowest BCUT2D eigenvalue weighted by Gasteiger charge is -2.38. The van der Waals surface area contributed by atoms with Crippen molar-refractivity contribution >= 4 is 12.0 Å². The van der Waals surface area contributed by atoms with Gasteiger partial charge in [0.15, 0.2) is 0 Å². The fourth-order valence-electron chi connectivity index (χ4n) is 2.00. The van der Waals surface area contributed by atoms with Crippen LogP contribution in [0, 0.1) is 5.92 Å². The third-order valence-electron chi connectivity index (χ3n) is 2.87. The minimum Gasteiger partial charge on any atom is -0.444 e. The van der Waals surface area contributed by atoms with Gasteiger partial charge in [-0.25, -0.2) is 4.79 Å². The lowest BCUT2D eigenvalue weighted by molar-refractivity contribution is -0.144. The topological polar surface area (TPSA) is 78.9 Å². The molecule has 0 unspecified atom stereocenters. The second-order valence-electron chi connectivity index (χ2n) is 6.73. The van der Waals surface area contributed by atoms with Crippen molar-refractivity contribution in [2.75, 3.05) is 13.1 Å². The maximum absolute atomic E-state index is 12.3. The summed E-state index contributed by atoms with van der Waals surface area (Å²) in [4.78, 5) is 25.6. The molecular formula is C14H26N2O4. The number of aliphatic hydroxyl groups is 1. The zero-order valence-electron chi connectivity index (χ0n) is 13.0. The first kappa shape index (κ1) is 16.8. The zero-order valence-corrected chi connectivity index (χ0v) is 13.0. The molecule has 116 valence electrons. The van der Waals surface area contributed by atoms with E-state index < -0.39 is 23.8 Å². The summed E-state index contributed by atoms with van der Waals surface area (Å²) in [6.07, 6.45) is -0.484. The third kappa shape index (κ3) is 5.36. The van der Waals surface area contributed by atoms with Gasteiger partial charge in [-0.05, 0) is 33.1 Å². The maximum Gasteiger partial charge on any atom is 0.408 e. The van der Waals surface area contributed by atoms with E-state index in [2.05, 4.69) is 5.32 Å². The minimum atomic E-state index is -0.600. The summed E-state index contributed by atoms with van der Waals surface area (Å²) in [6.45, 7) is 9.98. The monoisotopic (exact) mass is 286 g/mol. The second kappa shape index (κ2) is 6.43. The Labute approximate surface area is 120 Å². The molecule has 6 heteroatoms. The van der Waals surface area contributed by atoms with E-state index in [1.807, 2.05) is 13.8 Å². The van der Waals surface area contributed by atoms with Crippen molar-refractivity contribution in [3.8, 4) is 0 Å². The molecule has 0 aromatic carbocycles. The average Bonchev–Trinajstić information content (AvgIpc) is 2.19. The van der Waals surface area contributed by atoms with Crippen LogP contribution in [0.3, 0.4) is 0 Å². The standard InChI is InChI=1S/C14H26N2O4/c1-9(2)6-11(12(18)16-7-10(17)8-16)15-13(19)20-14(3,4)5/h9-11,17H,6-8H2,1-5H3,(H,15,19)/t11-/m0/s1. The summed E-state index contributed by atoms with van der Waals surface area (Å²) >= 11 is 0. The van der Waals surface area contributed by atoms with Gasteiger partial charge < -0.3 is 20.1 Å². The fourth-order valence-corrected chi connectivity index (χ4v) is 2.00. The number of nitrogens with zero attached hydrogens (tertiary/aromatic N) is 1. The zero-order chi connectivity index (χ0) is 15.5. The quantitative estimate of drug-likeness (QED) is 0.812. The van der Waals surface area contributed by atoms with E-state index >= 15 is 0 Å². The molecule has 1 rings (SSSR count). The molecule has 0 bridgehead atoms. The van der Waals surface area contributed by atoms with E-state index in [4.69, 9.17) is 4.74 Å². The molecule has 0 radical (unpaired) electrons. The van der Waals surface area contributed by atoms with Crippen LogP contribution in [0.25, 0.3) is 0 Å². The number of alkyl carbamates (subject to hydrolysis) is 1. The van der Waals surface area contributed by atoms with Crippen LogP contribution in [0.15, 0.2) is 0 Å². The molecule has 1 aliphatic rings. The molecule has 0 aromatic heterocycles. The highest BCUT2D eigenvalue weighted by Crippen LogP contribution is 2.15. The van der Waals surface area contributed by atoms with Crippen LogP contribution in [-0.4, -0.2) is 52.8 Å². The number of carbonyl (C=O) groups is 2. The molecular weight excluding hydrogens is 260 g/mol. The van der Waals surface area contributed by atoms with Gasteiger partial charge in [-0.15, -0.1) is 0 Å². The second-order valence-corrected chi connectivity index (χ2v) is 6.73. The Balaban J connectivity index is 2.60. The third-order valence-corrected chi connectivity index (χ3v) is 2.87. The molecule has 1 fully saturated rings. The summed E-state index contributed by atoms with van der Waals surface area (Å²) in [5.41, 5.74) is -0.595. The molecule has 1 atom stereocenters. The SMILES string of the molecule is CC(C)C[C@H](NC(=O)OC(C)(C)C)C(=O)N1CC(O)C1. The van der Waals surface area contributed by atoms with Crippen LogP contribution in [-0.2, 0) is 9.53 Å². The fraction of sp³-hybridized carbons (Fsp3) is 0.857. The molecule has 1 saturated heterocycles. The maximum atomic E-state index is 12.3. The van der Waals surface area contributed by atoms with Gasteiger partial charge in [0.1, 0.15) is 11.6 Å². The minimum absolute atomic E-state index is 0.158. The number of hydrogen-bond acceptors (Lipinski definition) is 4. The Morgan fingerprint density at radius 3 is 2.30 bits per heavy atom. The lowest BCUT2D eigenvalue weighted by Crippen LogP contribution is -2.59. The van der Waals surface area contributed by atoms with E-state index in [0.717, 1.165) is 0 Å². The number of amides is 2. The number of nitrogens with one attached hydrogen (secondary N) is 1. The Kier molecular flexibility index (Phi) is 5.39. The van der Waals surface area contributed by atoms with Crippen LogP contribution >= 0.6 is 0 Å². The molecule has 1 heterocycles. The van der Waals surface area contributed by atoms with Crippen LogP contribution < -0.4 is 5.32 Å². The average molecular weight is 286 g/mol. The Bertz CT molecular complexity index is 357. The Morgan fingerprint density at radius 2 is 1.90 bits per heavy atom. The van der Waals surface area contributed by atoms with Crippen molar-refractivity contribution in [3.63, 3.8) is 0 Å². The van der Waals surface area contributed by atoms with Crippen molar-refractivity contribution in [3.05, 3.63) is 0 Å².